The Morgan fingerprint density at radius 1 is 1.33 bits per heavy atom. The molecular weight excluding hydrogens is 296 g/mol. The van der Waals surface area contributed by atoms with Gasteiger partial charge in [0.1, 0.15) is 5.82 Å². The molecule has 0 unspecified atom stereocenters. The molecule has 2 rings (SSSR count). The second kappa shape index (κ2) is 5.69. The number of aromatic nitrogens is 1. The van der Waals surface area contributed by atoms with Crippen LogP contribution in [0, 0.1) is 6.92 Å². The summed E-state index contributed by atoms with van der Waals surface area (Å²) in [6, 6.07) is 1.66. The smallest absolute Gasteiger partial charge is 0.337 e. The van der Waals surface area contributed by atoms with Gasteiger partial charge >= 0.3 is 5.97 Å². The van der Waals surface area contributed by atoms with Crippen molar-refractivity contribution in [2.24, 2.45) is 0 Å². The molecule has 0 aromatic carbocycles. The van der Waals surface area contributed by atoms with E-state index in [0.717, 1.165) is 23.4 Å². The maximum absolute atomic E-state index is 11.0. The molecule has 0 bridgehead atoms. The summed E-state index contributed by atoms with van der Waals surface area (Å²) in [4.78, 5) is 17.7. The highest BCUT2D eigenvalue weighted by atomic mass is 79.9. The molecule has 0 amide bonds. The van der Waals surface area contributed by atoms with Crippen LogP contribution in [-0.4, -0.2) is 29.1 Å². The van der Waals surface area contributed by atoms with Crippen molar-refractivity contribution in [2.45, 2.75) is 32.6 Å². The molecule has 5 heteroatoms. The predicted molar refractivity (Wildman–Crippen MR) is 74.3 cm³/mol. The lowest BCUT2D eigenvalue weighted by Gasteiger charge is -2.23. The number of halogens is 1. The number of carboxylic acid groups (broad SMARTS) is 1. The summed E-state index contributed by atoms with van der Waals surface area (Å²) in [6.07, 6.45) is 4.88. The Hall–Kier alpha value is -1.10. The number of aromatic carboxylic acids is 1. The van der Waals surface area contributed by atoms with E-state index in [1.807, 2.05) is 0 Å². The third-order valence-electron chi connectivity index (χ3n) is 3.28. The Morgan fingerprint density at radius 3 is 2.50 bits per heavy atom. The highest BCUT2D eigenvalue weighted by Gasteiger charge is 2.18. The molecule has 2 heterocycles. The van der Waals surface area contributed by atoms with E-state index >= 15 is 0 Å². The van der Waals surface area contributed by atoms with Crippen LogP contribution in [0.2, 0.25) is 0 Å². The van der Waals surface area contributed by atoms with E-state index in [2.05, 4.69) is 25.8 Å². The zero-order chi connectivity index (χ0) is 13.1. The Kier molecular flexibility index (Phi) is 4.22. The normalized spacial score (nSPS) is 16.4. The molecule has 1 N–H and O–H groups in total. The number of hydrogen-bond donors (Lipinski definition) is 1. The lowest BCUT2D eigenvalue weighted by atomic mass is 10.2. The van der Waals surface area contributed by atoms with Crippen LogP contribution in [-0.2, 0) is 0 Å². The minimum atomic E-state index is -0.928. The maximum Gasteiger partial charge on any atom is 0.337 e. The summed E-state index contributed by atoms with van der Waals surface area (Å²) in [5.74, 6) is -0.0532. The van der Waals surface area contributed by atoms with Gasteiger partial charge in [-0.25, -0.2) is 9.78 Å². The van der Waals surface area contributed by atoms with Crippen molar-refractivity contribution in [3.8, 4) is 0 Å². The first-order chi connectivity index (χ1) is 8.59. The molecule has 1 saturated heterocycles. The average molecular weight is 313 g/mol. The van der Waals surface area contributed by atoms with Gasteiger partial charge in [-0.3, -0.25) is 0 Å². The molecule has 0 aliphatic carbocycles. The molecule has 18 heavy (non-hydrogen) atoms. The Labute approximate surface area is 115 Å². The van der Waals surface area contributed by atoms with Gasteiger partial charge in [0.2, 0.25) is 0 Å². The molecule has 4 nitrogen and oxygen atoms in total. The molecule has 0 radical (unpaired) electrons. The van der Waals surface area contributed by atoms with E-state index in [-0.39, 0.29) is 5.56 Å². The van der Waals surface area contributed by atoms with Gasteiger partial charge in [-0.1, -0.05) is 12.8 Å². The lowest BCUT2D eigenvalue weighted by Crippen LogP contribution is -2.26. The monoisotopic (exact) mass is 312 g/mol. The van der Waals surface area contributed by atoms with Gasteiger partial charge in [0.25, 0.3) is 0 Å². The summed E-state index contributed by atoms with van der Waals surface area (Å²) in [5, 5.41) is 9.06. The zero-order valence-electron chi connectivity index (χ0n) is 10.4. The van der Waals surface area contributed by atoms with Crippen LogP contribution in [0.1, 0.15) is 41.7 Å². The quantitative estimate of drug-likeness (QED) is 0.911. The van der Waals surface area contributed by atoms with Crippen LogP contribution in [0.4, 0.5) is 5.82 Å². The Bertz CT molecular complexity index is 455. The van der Waals surface area contributed by atoms with Crippen molar-refractivity contribution >= 4 is 27.7 Å². The maximum atomic E-state index is 11.0. The lowest BCUT2D eigenvalue weighted by molar-refractivity contribution is 0.0695. The number of hydrogen-bond acceptors (Lipinski definition) is 3. The van der Waals surface area contributed by atoms with Gasteiger partial charge in [0.05, 0.1) is 15.7 Å². The van der Waals surface area contributed by atoms with Gasteiger partial charge in [-0.15, -0.1) is 0 Å². The molecule has 0 atom stereocenters. The molecule has 1 aromatic rings. The molecular formula is C13H17BrN2O2. The molecule has 0 spiro atoms. The van der Waals surface area contributed by atoms with Gasteiger partial charge < -0.3 is 10.0 Å². The second-order valence-electron chi connectivity index (χ2n) is 4.63. The van der Waals surface area contributed by atoms with Crippen LogP contribution in [0.3, 0.4) is 0 Å². The van der Waals surface area contributed by atoms with Crippen molar-refractivity contribution < 1.29 is 9.90 Å². The summed E-state index contributed by atoms with van der Waals surface area (Å²) in [6.45, 7) is 3.74. The Morgan fingerprint density at radius 2 is 1.94 bits per heavy atom. The molecule has 1 aliphatic rings. The van der Waals surface area contributed by atoms with E-state index in [4.69, 9.17) is 5.11 Å². The largest absolute Gasteiger partial charge is 0.478 e. The number of aryl methyl sites for hydroxylation is 1. The zero-order valence-corrected chi connectivity index (χ0v) is 12.0. The Balaban J connectivity index is 2.33. The second-order valence-corrected chi connectivity index (χ2v) is 5.49. The summed E-state index contributed by atoms with van der Waals surface area (Å²) in [7, 11) is 0. The van der Waals surface area contributed by atoms with Crippen LogP contribution in [0.5, 0.6) is 0 Å². The highest BCUT2D eigenvalue weighted by molar-refractivity contribution is 9.10. The third kappa shape index (κ3) is 2.83. The predicted octanol–water partition coefficient (Wildman–Crippen LogP) is 3.23. The SMILES string of the molecule is Cc1nc(N2CCCCCC2)c(Br)cc1C(=O)O. The summed E-state index contributed by atoms with van der Waals surface area (Å²) < 4.78 is 0.771. The van der Waals surface area contributed by atoms with Crippen LogP contribution >= 0.6 is 15.9 Å². The highest BCUT2D eigenvalue weighted by Crippen LogP contribution is 2.28. The van der Waals surface area contributed by atoms with Crippen molar-refractivity contribution in [3.63, 3.8) is 0 Å². The van der Waals surface area contributed by atoms with Crippen molar-refractivity contribution in [2.75, 3.05) is 18.0 Å². The fraction of sp³-hybridized carbons (Fsp3) is 0.538. The van der Waals surface area contributed by atoms with Crippen LogP contribution < -0.4 is 4.90 Å². The fourth-order valence-electron chi connectivity index (χ4n) is 2.29. The number of pyridine rings is 1. The average Bonchev–Trinajstić information content (AvgIpc) is 2.60. The molecule has 1 fully saturated rings. The first-order valence-electron chi connectivity index (χ1n) is 6.25. The fourth-order valence-corrected chi connectivity index (χ4v) is 2.86. The minimum absolute atomic E-state index is 0.264. The molecule has 1 aromatic heterocycles. The first-order valence-corrected chi connectivity index (χ1v) is 7.04. The molecule has 98 valence electrons. The molecule has 0 saturated carbocycles. The van der Waals surface area contributed by atoms with Gasteiger partial charge in [-0.05, 0) is 41.8 Å². The topological polar surface area (TPSA) is 53.4 Å². The first kappa shape index (κ1) is 13.3. The summed E-state index contributed by atoms with van der Waals surface area (Å²) in [5.41, 5.74) is 0.838. The van der Waals surface area contributed by atoms with Crippen molar-refractivity contribution in [3.05, 3.63) is 21.8 Å². The van der Waals surface area contributed by atoms with E-state index in [0.29, 0.717) is 5.69 Å². The van der Waals surface area contributed by atoms with Crippen LogP contribution in [0.15, 0.2) is 10.5 Å². The van der Waals surface area contributed by atoms with E-state index in [9.17, 15) is 4.79 Å². The number of nitrogens with zero attached hydrogens (tertiary/aromatic N) is 2. The van der Waals surface area contributed by atoms with Crippen LogP contribution in [0.25, 0.3) is 0 Å². The van der Waals surface area contributed by atoms with E-state index in [1.54, 1.807) is 13.0 Å². The van der Waals surface area contributed by atoms with Crippen molar-refractivity contribution in [1.82, 2.24) is 4.98 Å². The third-order valence-corrected chi connectivity index (χ3v) is 3.87. The number of carboxylic acids is 1. The van der Waals surface area contributed by atoms with E-state index in [1.165, 1.54) is 25.7 Å². The molecule has 1 aliphatic heterocycles. The van der Waals surface area contributed by atoms with Gasteiger partial charge in [0.15, 0.2) is 0 Å². The van der Waals surface area contributed by atoms with E-state index < -0.39 is 5.97 Å². The van der Waals surface area contributed by atoms with Crippen molar-refractivity contribution in [1.29, 1.82) is 0 Å². The minimum Gasteiger partial charge on any atom is -0.478 e. The number of rotatable bonds is 2. The standard InChI is InChI=1S/C13H17BrN2O2/c1-9-10(13(17)18)8-11(14)12(15-9)16-6-4-2-3-5-7-16/h8H,2-7H2,1H3,(H,17,18). The van der Waals surface area contributed by atoms with Gasteiger partial charge in [-0.2, -0.15) is 0 Å². The summed E-state index contributed by atoms with van der Waals surface area (Å²) >= 11 is 3.44. The van der Waals surface area contributed by atoms with Gasteiger partial charge in [0, 0.05) is 13.1 Å². The number of anilines is 1. The number of carbonyl (C=O) groups is 1.